The second-order valence-electron chi connectivity index (χ2n) is 15.3. The first kappa shape index (κ1) is 31.8. The normalized spacial score (nSPS) is 27.7. The van der Waals surface area contributed by atoms with Crippen LogP contribution in [0.15, 0.2) is 24.2 Å². The SMILES string of the molecule is Cn1nc(-c2c(C3(F)CC3)c(Cl)cc3[nH]ncc23)c2c1c1c(N3CCOCC4(C3)CC4(F)F)nc(OC[C@@]34CCCN3C/C(=C\F)C4)nc1n2C. The summed E-state index contributed by atoms with van der Waals surface area (Å²) in [5, 5.41) is 13.8. The van der Waals surface area contributed by atoms with Crippen LogP contribution in [0.2, 0.25) is 5.02 Å². The molecule has 0 radical (unpaired) electrons. The molecule has 1 unspecified atom stereocenters. The number of ether oxygens (including phenoxy) is 2. The summed E-state index contributed by atoms with van der Waals surface area (Å²) < 4.78 is 75.5. The molecular weight excluding hydrogens is 690 g/mol. The van der Waals surface area contributed by atoms with Crippen molar-refractivity contribution in [2.75, 3.05) is 50.9 Å². The Balaban J connectivity index is 1.18. The van der Waals surface area contributed by atoms with E-state index in [4.69, 9.17) is 36.1 Å². The monoisotopic (exact) mass is 725 g/mol. The molecule has 10 rings (SSSR count). The van der Waals surface area contributed by atoms with Gasteiger partial charge in [0.15, 0.2) is 5.65 Å². The molecule has 2 aliphatic carbocycles. The van der Waals surface area contributed by atoms with Crippen molar-refractivity contribution in [1.29, 1.82) is 0 Å². The van der Waals surface area contributed by atoms with Crippen molar-refractivity contribution in [2.24, 2.45) is 19.5 Å². The molecule has 7 heterocycles. The summed E-state index contributed by atoms with van der Waals surface area (Å²) in [5.74, 6) is -2.42. The molecule has 5 aliphatic rings. The average molecular weight is 726 g/mol. The van der Waals surface area contributed by atoms with Crippen LogP contribution >= 0.6 is 11.6 Å². The van der Waals surface area contributed by atoms with Gasteiger partial charge in [0.1, 0.15) is 23.8 Å². The molecule has 0 amide bonds. The zero-order valence-electron chi connectivity index (χ0n) is 28.2. The molecule has 4 aromatic heterocycles. The van der Waals surface area contributed by atoms with Crippen molar-refractivity contribution in [3.05, 3.63) is 34.8 Å². The van der Waals surface area contributed by atoms with Gasteiger partial charge in [0.2, 0.25) is 0 Å². The fraction of sp³-hybridized carbons (Fsp3) is 0.543. The third-order valence-corrected chi connectivity index (χ3v) is 12.3. The minimum Gasteiger partial charge on any atom is -0.461 e. The maximum absolute atomic E-state index is 16.2. The van der Waals surface area contributed by atoms with E-state index in [0.717, 1.165) is 25.0 Å². The number of H-pyrrole nitrogens is 1. The average Bonchev–Trinajstić information content (AvgIpc) is 3.49. The standard InChI is InChI=1S/C35H36ClF4N9O2/c1-46-28-26(23-20-13-41-44-22(20)10-21(36)25(23)34(38)5-6-34)45-47(2)27(28)24-29(46)42-31(51-18-33-4-3-7-49(33)14-19(11-33)12-37)43-30(24)48-8-9-50-17-32(16-48)15-35(32,39)40/h10,12-13H,3-9,11,14-18H2,1-2H3,(H,41,44)/b19-12-/t32?,33-/m0/s1. The van der Waals surface area contributed by atoms with Gasteiger partial charge in [0.25, 0.3) is 5.92 Å². The van der Waals surface area contributed by atoms with Gasteiger partial charge in [0, 0.05) is 61.7 Å². The Labute approximate surface area is 294 Å². The molecule has 268 valence electrons. The molecular formula is C35H36ClF4N9O2. The molecule has 1 aromatic carbocycles. The van der Waals surface area contributed by atoms with E-state index in [0.29, 0.717) is 94.3 Å². The molecule has 3 saturated heterocycles. The third-order valence-electron chi connectivity index (χ3n) is 12.0. The molecule has 5 fully saturated rings. The van der Waals surface area contributed by atoms with Gasteiger partial charge in [-0.1, -0.05) is 11.6 Å². The first-order chi connectivity index (χ1) is 24.5. The van der Waals surface area contributed by atoms with Crippen LogP contribution in [0, 0.1) is 5.41 Å². The summed E-state index contributed by atoms with van der Waals surface area (Å²) in [5.41, 5.74) is 1.33. The van der Waals surface area contributed by atoms with Crippen molar-refractivity contribution in [1.82, 2.24) is 39.4 Å². The van der Waals surface area contributed by atoms with Gasteiger partial charge in [0.05, 0.1) is 58.6 Å². The van der Waals surface area contributed by atoms with Gasteiger partial charge >= 0.3 is 6.01 Å². The highest BCUT2D eigenvalue weighted by atomic mass is 35.5. The molecule has 51 heavy (non-hydrogen) atoms. The fourth-order valence-corrected chi connectivity index (χ4v) is 9.50. The number of aromatic amines is 1. The molecule has 0 bridgehead atoms. The highest BCUT2D eigenvalue weighted by Gasteiger charge is 2.72. The topological polar surface area (TPSA) is 102 Å². The van der Waals surface area contributed by atoms with E-state index in [-0.39, 0.29) is 49.4 Å². The Morgan fingerprint density at radius 1 is 1.12 bits per heavy atom. The number of aryl methyl sites for hydroxylation is 2. The Bertz CT molecular complexity index is 2310. The van der Waals surface area contributed by atoms with E-state index < -0.39 is 17.0 Å². The van der Waals surface area contributed by atoms with Crippen LogP contribution in [-0.4, -0.2) is 96.9 Å². The number of anilines is 1. The van der Waals surface area contributed by atoms with E-state index in [1.54, 1.807) is 24.0 Å². The van der Waals surface area contributed by atoms with E-state index in [2.05, 4.69) is 15.1 Å². The summed E-state index contributed by atoms with van der Waals surface area (Å²) >= 11 is 6.80. The summed E-state index contributed by atoms with van der Waals surface area (Å²) in [6, 6.07) is 1.80. The largest absolute Gasteiger partial charge is 0.461 e. The summed E-state index contributed by atoms with van der Waals surface area (Å²) in [4.78, 5) is 14.0. The van der Waals surface area contributed by atoms with Crippen LogP contribution in [0.25, 0.3) is 44.2 Å². The lowest BCUT2D eigenvalue weighted by Crippen LogP contribution is -2.43. The van der Waals surface area contributed by atoms with Crippen LogP contribution in [-0.2, 0) is 24.5 Å². The molecule has 11 nitrogen and oxygen atoms in total. The maximum atomic E-state index is 16.2. The predicted molar refractivity (Wildman–Crippen MR) is 183 cm³/mol. The lowest BCUT2D eigenvalue weighted by molar-refractivity contribution is 0.0237. The number of aromatic nitrogens is 7. The Morgan fingerprint density at radius 2 is 1.94 bits per heavy atom. The second-order valence-corrected chi connectivity index (χ2v) is 15.7. The fourth-order valence-electron chi connectivity index (χ4n) is 9.13. The smallest absolute Gasteiger partial charge is 0.320 e. The number of fused-ring (bicyclic) bond motifs is 5. The summed E-state index contributed by atoms with van der Waals surface area (Å²) in [6.45, 7) is 2.22. The number of nitrogens with one attached hydrogen (secondary N) is 1. The van der Waals surface area contributed by atoms with Gasteiger partial charge in [-0.15, -0.1) is 0 Å². The van der Waals surface area contributed by atoms with E-state index in [9.17, 15) is 13.2 Å². The third kappa shape index (κ3) is 4.49. The highest BCUT2D eigenvalue weighted by Crippen LogP contribution is 2.62. The van der Waals surface area contributed by atoms with Gasteiger partial charge in [-0.05, 0) is 50.3 Å². The lowest BCUT2D eigenvalue weighted by atomic mass is 9.94. The highest BCUT2D eigenvalue weighted by molar-refractivity contribution is 6.33. The first-order valence-corrected chi connectivity index (χ1v) is 17.8. The van der Waals surface area contributed by atoms with Gasteiger partial charge in [-0.2, -0.15) is 20.2 Å². The molecule has 16 heteroatoms. The van der Waals surface area contributed by atoms with Gasteiger partial charge in [-0.3, -0.25) is 14.7 Å². The Morgan fingerprint density at radius 3 is 2.71 bits per heavy atom. The maximum Gasteiger partial charge on any atom is 0.320 e. The van der Waals surface area contributed by atoms with Crippen molar-refractivity contribution >= 4 is 50.4 Å². The quantitative estimate of drug-likeness (QED) is 0.203. The van der Waals surface area contributed by atoms with Crippen molar-refractivity contribution in [3.63, 3.8) is 0 Å². The molecule has 1 N–H and O–H groups in total. The van der Waals surface area contributed by atoms with E-state index >= 15 is 4.39 Å². The molecule has 1 spiro atoms. The Hall–Kier alpha value is -3.95. The Kier molecular flexibility index (Phi) is 6.58. The molecule has 3 aliphatic heterocycles. The number of hydrogen-bond donors (Lipinski definition) is 1. The first-order valence-electron chi connectivity index (χ1n) is 17.4. The molecule has 2 saturated carbocycles. The molecule has 2 atom stereocenters. The lowest BCUT2D eigenvalue weighted by Gasteiger charge is -2.31. The van der Waals surface area contributed by atoms with Crippen LogP contribution < -0.4 is 9.64 Å². The van der Waals surface area contributed by atoms with Crippen LogP contribution in [0.5, 0.6) is 6.01 Å². The number of rotatable bonds is 6. The minimum atomic E-state index is -2.86. The second kappa shape index (κ2) is 10.6. The molecule has 5 aromatic rings. The van der Waals surface area contributed by atoms with Gasteiger partial charge < -0.3 is 18.9 Å². The van der Waals surface area contributed by atoms with Crippen LogP contribution in [0.4, 0.5) is 23.4 Å². The number of halogens is 5. The number of nitrogens with zero attached hydrogens (tertiary/aromatic N) is 8. The van der Waals surface area contributed by atoms with Crippen LogP contribution in [0.3, 0.4) is 0 Å². The zero-order valence-corrected chi connectivity index (χ0v) is 29.0. The predicted octanol–water partition coefficient (Wildman–Crippen LogP) is 6.34. The summed E-state index contributed by atoms with van der Waals surface area (Å²) in [6.07, 6.45) is 5.16. The van der Waals surface area contributed by atoms with Gasteiger partial charge in [-0.25, -0.2) is 17.6 Å². The van der Waals surface area contributed by atoms with Crippen molar-refractivity contribution < 1.29 is 27.0 Å². The van der Waals surface area contributed by atoms with Crippen molar-refractivity contribution in [2.45, 2.75) is 55.7 Å². The van der Waals surface area contributed by atoms with Crippen molar-refractivity contribution in [3.8, 4) is 17.3 Å². The summed E-state index contributed by atoms with van der Waals surface area (Å²) in [7, 11) is 3.65. The van der Waals surface area contributed by atoms with Crippen LogP contribution in [0.1, 0.15) is 44.1 Å². The number of hydrogen-bond acceptors (Lipinski definition) is 8. The van der Waals surface area contributed by atoms with E-state index in [1.807, 2.05) is 16.5 Å². The minimum absolute atomic E-state index is 0.0352. The number of alkyl halides is 3. The zero-order chi connectivity index (χ0) is 35.1. The van der Waals surface area contributed by atoms with E-state index in [1.165, 1.54) is 0 Å². The number of benzene rings is 1.